The molecule has 0 bridgehead atoms. The van der Waals surface area contributed by atoms with E-state index in [9.17, 15) is 4.79 Å². The minimum absolute atomic E-state index is 0.353. The molecule has 0 heterocycles. The summed E-state index contributed by atoms with van der Waals surface area (Å²) in [6.45, 7) is 1.94. The zero-order valence-corrected chi connectivity index (χ0v) is 11.7. The number of aryl methyl sites for hydroxylation is 1. The number of esters is 1. The van der Waals surface area contributed by atoms with E-state index in [0.717, 1.165) is 16.3 Å². The van der Waals surface area contributed by atoms with Crippen molar-refractivity contribution in [3.8, 4) is 5.75 Å². The fourth-order valence-corrected chi connectivity index (χ4v) is 2.24. The average Bonchev–Trinajstić information content (AvgIpc) is 2.47. The van der Waals surface area contributed by atoms with Gasteiger partial charge in [0.2, 0.25) is 0 Å². The van der Waals surface area contributed by atoms with Gasteiger partial charge in [-0.3, -0.25) is 0 Å². The highest BCUT2D eigenvalue weighted by atomic mass is 16.5. The lowest BCUT2D eigenvalue weighted by molar-refractivity contribution is 0.0735. The van der Waals surface area contributed by atoms with E-state index < -0.39 is 0 Å². The summed E-state index contributed by atoms with van der Waals surface area (Å²) < 4.78 is 5.42. The minimum Gasteiger partial charge on any atom is -0.423 e. The van der Waals surface area contributed by atoms with Gasteiger partial charge in [0, 0.05) is 5.69 Å². The monoisotopic (exact) mass is 277 g/mol. The molecule has 0 aliphatic heterocycles. The molecule has 3 nitrogen and oxygen atoms in total. The standard InChI is InChI=1S/C18H15NO2/c1-12-3-2-4-15(9-12)18(20)21-17-8-6-13-10-16(19)7-5-14(13)11-17/h2-11H,19H2,1H3. The normalized spacial score (nSPS) is 10.5. The van der Waals surface area contributed by atoms with Crippen LogP contribution in [0.15, 0.2) is 60.7 Å². The highest BCUT2D eigenvalue weighted by Crippen LogP contribution is 2.23. The molecule has 104 valence electrons. The Morgan fingerprint density at radius 1 is 0.952 bits per heavy atom. The summed E-state index contributed by atoms with van der Waals surface area (Å²) >= 11 is 0. The molecule has 0 atom stereocenters. The van der Waals surface area contributed by atoms with E-state index in [0.29, 0.717) is 17.0 Å². The first-order chi connectivity index (χ1) is 10.1. The van der Waals surface area contributed by atoms with E-state index >= 15 is 0 Å². The number of carbonyl (C=O) groups is 1. The second-order valence-corrected chi connectivity index (χ2v) is 5.03. The van der Waals surface area contributed by atoms with Gasteiger partial charge in [0.05, 0.1) is 5.56 Å². The third-order valence-corrected chi connectivity index (χ3v) is 3.30. The molecule has 21 heavy (non-hydrogen) atoms. The fourth-order valence-electron chi connectivity index (χ4n) is 2.24. The van der Waals surface area contributed by atoms with Crippen LogP contribution in [0.5, 0.6) is 5.75 Å². The molecule has 0 aromatic heterocycles. The molecule has 0 aliphatic rings. The maximum absolute atomic E-state index is 12.1. The van der Waals surface area contributed by atoms with Crippen molar-refractivity contribution >= 4 is 22.4 Å². The van der Waals surface area contributed by atoms with Gasteiger partial charge in [0.25, 0.3) is 0 Å². The summed E-state index contributed by atoms with van der Waals surface area (Å²) in [7, 11) is 0. The first-order valence-electron chi connectivity index (χ1n) is 6.70. The number of hydrogen-bond acceptors (Lipinski definition) is 3. The van der Waals surface area contributed by atoms with E-state index in [2.05, 4.69) is 0 Å². The molecule has 3 aromatic rings. The van der Waals surface area contributed by atoms with Crippen LogP contribution in [0.25, 0.3) is 10.8 Å². The Bertz CT molecular complexity index is 824. The lowest BCUT2D eigenvalue weighted by Gasteiger charge is -2.06. The highest BCUT2D eigenvalue weighted by molar-refractivity contribution is 5.92. The molecule has 0 saturated carbocycles. The van der Waals surface area contributed by atoms with Crippen LogP contribution < -0.4 is 10.5 Å². The van der Waals surface area contributed by atoms with Gasteiger partial charge in [-0.1, -0.05) is 29.8 Å². The minimum atomic E-state index is -0.353. The third-order valence-electron chi connectivity index (χ3n) is 3.30. The molecular formula is C18H15NO2. The third kappa shape index (κ3) is 2.87. The van der Waals surface area contributed by atoms with Gasteiger partial charge in [-0.2, -0.15) is 0 Å². The second-order valence-electron chi connectivity index (χ2n) is 5.03. The van der Waals surface area contributed by atoms with Crippen LogP contribution in [0.2, 0.25) is 0 Å². The van der Waals surface area contributed by atoms with E-state index in [-0.39, 0.29) is 5.97 Å². The summed E-state index contributed by atoms with van der Waals surface area (Å²) in [6, 6.07) is 18.5. The second kappa shape index (κ2) is 5.29. The molecule has 0 radical (unpaired) electrons. The fraction of sp³-hybridized carbons (Fsp3) is 0.0556. The lowest BCUT2D eigenvalue weighted by Crippen LogP contribution is -2.08. The van der Waals surface area contributed by atoms with Crippen LogP contribution in [0.3, 0.4) is 0 Å². The highest BCUT2D eigenvalue weighted by Gasteiger charge is 2.09. The van der Waals surface area contributed by atoms with Crippen molar-refractivity contribution in [3.05, 3.63) is 71.8 Å². The Balaban J connectivity index is 1.87. The number of benzene rings is 3. The van der Waals surface area contributed by atoms with Crippen molar-refractivity contribution in [1.82, 2.24) is 0 Å². The molecule has 3 aromatic carbocycles. The summed E-state index contributed by atoms with van der Waals surface area (Å²) in [5.41, 5.74) is 8.04. The van der Waals surface area contributed by atoms with E-state index in [1.54, 1.807) is 12.1 Å². The zero-order chi connectivity index (χ0) is 14.8. The number of nitrogen functional groups attached to an aromatic ring is 1. The Labute approximate surface area is 123 Å². The number of carbonyl (C=O) groups excluding carboxylic acids is 1. The molecule has 0 aliphatic carbocycles. The average molecular weight is 277 g/mol. The van der Waals surface area contributed by atoms with Crippen LogP contribution in [0.4, 0.5) is 5.69 Å². The van der Waals surface area contributed by atoms with E-state index in [1.807, 2.05) is 55.5 Å². The van der Waals surface area contributed by atoms with Gasteiger partial charge in [-0.25, -0.2) is 4.79 Å². The molecule has 3 heteroatoms. The predicted octanol–water partition coefficient (Wildman–Crippen LogP) is 3.95. The maximum atomic E-state index is 12.1. The Morgan fingerprint density at radius 2 is 1.71 bits per heavy atom. The quantitative estimate of drug-likeness (QED) is 0.438. The van der Waals surface area contributed by atoms with E-state index in [4.69, 9.17) is 10.5 Å². The van der Waals surface area contributed by atoms with Gasteiger partial charge in [-0.05, 0) is 54.1 Å². The van der Waals surface area contributed by atoms with Crippen LogP contribution >= 0.6 is 0 Å². The topological polar surface area (TPSA) is 52.3 Å². The summed E-state index contributed by atoms with van der Waals surface area (Å²) in [5.74, 6) is 0.173. The van der Waals surface area contributed by atoms with Crippen molar-refractivity contribution in [2.45, 2.75) is 6.92 Å². The Hall–Kier alpha value is -2.81. The molecule has 0 unspecified atom stereocenters. The molecular weight excluding hydrogens is 262 g/mol. The maximum Gasteiger partial charge on any atom is 0.343 e. The first-order valence-corrected chi connectivity index (χ1v) is 6.70. The van der Waals surface area contributed by atoms with Crippen molar-refractivity contribution in [3.63, 3.8) is 0 Å². The van der Waals surface area contributed by atoms with Gasteiger partial charge in [0.1, 0.15) is 5.75 Å². The summed E-state index contributed by atoms with van der Waals surface area (Å²) in [6.07, 6.45) is 0. The van der Waals surface area contributed by atoms with Crippen molar-refractivity contribution in [2.75, 3.05) is 5.73 Å². The molecule has 3 rings (SSSR count). The molecule has 0 spiro atoms. The number of rotatable bonds is 2. The Kier molecular flexibility index (Phi) is 3.32. The summed E-state index contributed by atoms with van der Waals surface area (Å²) in [4.78, 5) is 12.1. The van der Waals surface area contributed by atoms with Crippen LogP contribution in [0.1, 0.15) is 15.9 Å². The molecule has 0 fully saturated rings. The zero-order valence-electron chi connectivity index (χ0n) is 11.7. The number of hydrogen-bond donors (Lipinski definition) is 1. The van der Waals surface area contributed by atoms with Crippen LogP contribution in [-0.4, -0.2) is 5.97 Å². The number of fused-ring (bicyclic) bond motifs is 1. The van der Waals surface area contributed by atoms with Crippen molar-refractivity contribution in [2.24, 2.45) is 0 Å². The Morgan fingerprint density at radius 3 is 2.52 bits per heavy atom. The van der Waals surface area contributed by atoms with E-state index in [1.165, 1.54) is 0 Å². The van der Waals surface area contributed by atoms with Crippen molar-refractivity contribution < 1.29 is 9.53 Å². The van der Waals surface area contributed by atoms with Gasteiger partial charge >= 0.3 is 5.97 Å². The van der Waals surface area contributed by atoms with Crippen LogP contribution in [-0.2, 0) is 0 Å². The van der Waals surface area contributed by atoms with Gasteiger partial charge in [-0.15, -0.1) is 0 Å². The largest absolute Gasteiger partial charge is 0.423 e. The molecule has 0 amide bonds. The van der Waals surface area contributed by atoms with Crippen molar-refractivity contribution in [1.29, 1.82) is 0 Å². The van der Waals surface area contributed by atoms with Gasteiger partial charge in [0.15, 0.2) is 0 Å². The molecule has 2 N–H and O–H groups in total. The number of nitrogens with two attached hydrogens (primary N) is 1. The number of ether oxygens (including phenoxy) is 1. The van der Waals surface area contributed by atoms with Gasteiger partial charge < -0.3 is 10.5 Å². The lowest BCUT2D eigenvalue weighted by atomic mass is 10.1. The molecule has 0 saturated heterocycles. The predicted molar refractivity (Wildman–Crippen MR) is 84.5 cm³/mol. The van der Waals surface area contributed by atoms with Crippen LogP contribution in [0, 0.1) is 6.92 Å². The SMILES string of the molecule is Cc1cccc(C(=O)Oc2ccc3cc(N)ccc3c2)c1. The first kappa shape index (κ1) is 13.2. The summed E-state index contributed by atoms with van der Waals surface area (Å²) in [5, 5.41) is 2.00. The number of anilines is 1. The smallest absolute Gasteiger partial charge is 0.343 e.